The van der Waals surface area contributed by atoms with Gasteiger partial charge in [-0.3, -0.25) is 4.68 Å². The van der Waals surface area contributed by atoms with E-state index in [0.29, 0.717) is 19.0 Å². The van der Waals surface area contributed by atoms with Crippen molar-refractivity contribution in [2.75, 3.05) is 24.6 Å². The zero-order chi connectivity index (χ0) is 17.4. The van der Waals surface area contributed by atoms with Crippen LogP contribution in [-0.4, -0.2) is 49.5 Å². The monoisotopic (exact) mass is 339 g/mol. The lowest BCUT2D eigenvalue weighted by Gasteiger charge is -2.40. The van der Waals surface area contributed by atoms with E-state index in [0.717, 1.165) is 23.6 Å². The van der Waals surface area contributed by atoms with Gasteiger partial charge < -0.3 is 9.64 Å². The quantitative estimate of drug-likeness (QED) is 0.719. The van der Waals surface area contributed by atoms with Gasteiger partial charge in [-0.25, -0.2) is 4.68 Å². The van der Waals surface area contributed by atoms with Gasteiger partial charge in [0, 0.05) is 31.5 Å². The first-order valence-electron chi connectivity index (χ1n) is 8.28. The van der Waals surface area contributed by atoms with Gasteiger partial charge in [0.1, 0.15) is 5.60 Å². The van der Waals surface area contributed by atoms with Gasteiger partial charge in [0.15, 0.2) is 11.6 Å². The van der Waals surface area contributed by atoms with E-state index < -0.39 is 5.60 Å². The van der Waals surface area contributed by atoms with Crippen LogP contribution in [0.3, 0.4) is 0 Å². The van der Waals surface area contributed by atoms with Crippen LogP contribution in [0.5, 0.6) is 0 Å². The molecule has 1 unspecified atom stereocenters. The molecule has 0 spiro atoms. The summed E-state index contributed by atoms with van der Waals surface area (Å²) in [6.45, 7) is 6.15. The third kappa shape index (κ3) is 3.00. The van der Waals surface area contributed by atoms with Crippen molar-refractivity contribution in [3.63, 3.8) is 0 Å². The number of rotatable bonds is 3. The van der Waals surface area contributed by atoms with Crippen LogP contribution >= 0.6 is 0 Å². The molecule has 1 fully saturated rings. The Morgan fingerprint density at radius 2 is 1.96 bits per heavy atom. The second-order valence-corrected chi connectivity index (χ2v) is 6.55. The van der Waals surface area contributed by atoms with Gasteiger partial charge in [0.2, 0.25) is 0 Å². The smallest absolute Gasteiger partial charge is 0.175 e. The molecule has 0 N–H and O–H groups in total. The lowest BCUT2D eigenvalue weighted by molar-refractivity contribution is -0.0468. The molecule has 0 aromatic carbocycles. The molecular weight excluding hydrogens is 318 g/mol. The average Bonchev–Trinajstić information content (AvgIpc) is 3.24. The van der Waals surface area contributed by atoms with Crippen LogP contribution in [0, 0.1) is 6.92 Å². The zero-order valence-electron chi connectivity index (χ0n) is 14.6. The van der Waals surface area contributed by atoms with Crippen molar-refractivity contribution in [3.8, 4) is 5.82 Å². The maximum atomic E-state index is 6.06. The Bertz CT molecular complexity index is 869. The molecule has 0 aliphatic carbocycles. The number of aryl methyl sites for hydroxylation is 2. The van der Waals surface area contributed by atoms with E-state index in [1.165, 1.54) is 0 Å². The Morgan fingerprint density at radius 3 is 2.60 bits per heavy atom. The maximum Gasteiger partial charge on any atom is 0.175 e. The summed E-state index contributed by atoms with van der Waals surface area (Å²) in [6, 6.07) is 5.86. The predicted octanol–water partition coefficient (Wildman–Crippen LogP) is 1.46. The average molecular weight is 339 g/mol. The fraction of sp³-hybridized carbons (Fsp3) is 0.412. The molecule has 8 heteroatoms. The normalized spacial score (nSPS) is 20.8. The van der Waals surface area contributed by atoms with Crippen LogP contribution in [0.1, 0.15) is 18.2 Å². The summed E-state index contributed by atoms with van der Waals surface area (Å²) in [4.78, 5) is 2.20. The van der Waals surface area contributed by atoms with Crippen LogP contribution in [0.4, 0.5) is 5.82 Å². The first kappa shape index (κ1) is 15.8. The Hall–Kier alpha value is -2.74. The van der Waals surface area contributed by atoms with Crippen molar-refractivity contribution >= 4 is 5.82 Å². The lowest BCUT2D eigenvalue weighted by Crippen LogP contribution is -2.48. The van der Waals surface area contributed by atoms with Crippen molar-refractivity contribution < 1.29 is 4.74 Å². The minimum atomic E-state index is -0.411. The number of anilines is 1. The summed E-state index contributed by atoms with van der Waals surface area (Å²) in [5.41, 5.74) is 1.61. The number of aromatic nitrogens is 6. The van der Waals surface area contributed by atoms with E-state index >= 15 is 0 Å². The number of morpholine rings is 1. The van der Waals surface area contributed by atoms with Gasteiger partial charge >= 0.3 is 0 Å². The summed E-state index contributed by atoms with van der Waals surface area (Å²) >= 11 is 0. The third-order valence-corrected chi connectivity index (χ3v) is 4.51. The highest BCUT2D eigenvalue weighted by Gasteiger charge is 2.35. The van der Waals surface area contributed by atoms with Crippen LogP contribution in [0.15, 0.2) is 36.8 Å². The van der Waals surface area contributed by atoms with Crippen molar-refractivity contribution in [1.29, 1.82) is 0 Å². The van der Waals surface area contributed by atoms with Crippen LogP contribution in [0.25, 0.3) is 5.82 Å². The molecule has 8 nitrogen and oxygen atoms in total. The van der Waals surface area contributed by atoms with E-state index in [-0.39, 0.29) is 0 Å². The molecule has 0 bridgehead atoms. The molecule has 4 rings (SSSR count). The van der Waals surface area contributed by atoms with E-state index in [9.17, 15) is 0 Å². The van der Waals surface area contributed by atoms with E-state index in [2.05, 4.69) is 32.2 Å². The van der Waals surface area contributed by atoms with Crippen molar-refractivity contribution in [2.45, 2.75) is 19.4 Å². The molecule has 0 amide bonds. The number of hydrogen-bond donors (Lipinski definition) is 0. The summed E-state index contributed by atoms with van der Waals surface area (Å²) in [7, 11) is 1.91. The molecule has 25 heavy (non-hydrogen) atoms. The van der Waals surface area contributed by atoms with Gasteiger partial charge in [-0.1, -0.05) is 0 Å². The lowest BCUT2D eigenvalue weighted by atomic mass is 9.97. The minimum absolute atomic E-state index is 0.411. The SMILES string of the molecule is Cc1ccn(-c2ccc(N3CCOC(C)(c4cnn(C)c4)C3)nn2)n1. The Balaban J connectivity index is 1.55. The first-order chi connectivity index (χ1) is 12.0. The van der Waals surface area contributed by atoms with Crippen LogP contribution in [0.2, 0.25) is 0 Å². The fourth-order valence-corrected chi connectivity index (χ4v) is 3.09. The van der Waals surface area contributed by atoms with Gasteiger partial charge in [0.05, 0.1) is 25.0 Å². The van der Waals surface area contributed by atoms with E-state index in [1.54, 1.807) is 9.36 Å². The molecule has 0 saturated carbocycles. The molecule has 3 aromatic rings. The number of nitrogens with zero attached hydrogens (tertiary/aromatic N) is 7. The van der Waals surface area contributed by atoms with Crippen LogP contribution in [-0.2, 0) is 17.4 Å². The third-order valence-electron chi connectivity index (χ3n) is 4.51. The fourth-order valence-electron chi connectivity index (χ4n) is 3.09. The minimum Gasteiger partial charge on any atom is -0.367 e. The van der Waals surface area contributed by atoms with Crippen molar-refractivity contribution in [2.24, 2.45) is 7.05 Å². The summed E-state index contributed by atoms with van der Waals surface area (Å²) in [5.74, 6) is 1.55. The zero-order valence-corrected chi connectivity index (χ0v) is 14.6. The van der Waals surface area contributed by atoms with Crippen molar-refractivity contribution in [1.82, 2.24) is 29.8 Å². The Kier molecular flexibility index (Phi) is 3.76. The molecule has 1 atom stereocenters. The van der Waals surface area contributed by atoms with E-state index in [4.69, 9.17) is 4.74 Å². The van der Waals surface area contributed by atoms with Gasteiger partial charge in [-0.15, -0.1) is 10.2 Å². The van der Waals surface area contributed by atoms with E-state index in [1.807, 2.05) is 50.8 Å². The highest BCUT2D eigenvalue weighted by molar-refractivity contribution is 5.41. The first-order valence-corrected chi connectivity index (χ1v) is 8.28. The molecule has 1 aliphatic heterocycles. The topological polar surface area (TPSA) is 73.9 Å². The summed E-state index contributed by atoms with van der Waals surface area (Å²) in [5, 5.41) is 17.3. The highest BCUT2D eigenvalue weighted by Crippen LogP contribution is 2.30. The van der Waals surface area contributed by atoms with Gasteiger partial charge in [0.25, 0.3) is 0 Å². The molecule has 130 valence electrons. The molecule has 0 radical (unpaired) electrons. The second-order valence-electron chi connectivity index (χ2n) is 6.55. The summed E-state index contributed by atoms with van der Waals surface area (Å²) in [6.07, 6.45) is 5.74. The number of hydrogen-bond acceptors (Lipinski definition) is 6. The number of ether oxygens (including phenoxy) is 1. The molecule has 4 heterocycles. The van der Waals surface area contributed by atoms with Crippen LogP contribution < -0.4 is 4.90 Å². The summed E-state index contributed by atoms with van der Waals surface area (Å²) < 4.78 is 9.58. The largest absolute Gasteiger partial charge is 0.367 e. The highest BCUT2D eigenvalue weighted by atomic mass is 16.5. The molecular formula is C17H21N7O. The predicted molar refractivity (Wildman–Crippen MR) is 92.6 cm³/mol. The maximum absolute atomic E-state index is 6.06. The Morgan fingerprint density at radius 1 is 1.16 bits per heavy atom. The van der Waals surface area contributed by atoms with Gasteiger partial charge in [-0.2, -0.15) is 10.2 Å². The standard InChI is InChI=1S/C17H21N7O/c1-13-6-7-24(21-13)16-5-4-15(19-20-16)23-8-9-25-17(2,12-23)14-10-18-22(3)11-14/h4-7,10-11H,8-9,12H2,1-3H3. The molecule has 1 aliphatic rings. The molecule has 3 aromatic heterocycles. The molecule has 1 saturated heterocycles. The Labute approximate surface area is 146 Å². The second kappa shape index (κ2) is 5.96. The van der Waals surface area contributed by atoms with Crippen molar-refractivity contribution in [3.05, 3.63) is 48.0 Å². The van der Waals surface area contributed by atoms with Gasteiger partial charge in [-0.05, 0) is 32.0 Å².